The second-order valence-corrected chi connectivity index (χ2v) is 6.82. The maximum absolute atomic E-state index is 3.58. The molecule has 0 amide bonds. The summed E-state index contributed by atoms with van der Waals surface area (Å²) in [6, 6.07) is 0. The first kappa shape index (κ1) is 14.0. The molecule has 2 heteroatoms. The van der Waals surface area contributed by atoms with E-state index in [9.17, 15) is 0 Å². The van der Waals surface area contributed by atoms with Crippen LogP contribution in [0.25, 0.3) is 0 Å². The Balaban J connectivity index is 2.22. The number of hydrogen-bond donors (Lipinski definition) is 1. The minimum atomic E-state index is 0.402. The first-order valence-electron chi connectivity index (χ1n) is 6.82. The van der Waals surface area contributed by atoms with Crippen LogP contribution in [0.2, 0.25) is 0 Å². The topological polar surface area (TPSA) is 15.3 Å². The van der Waals surface area contributed by atoms with Crippen molar-refractivity contribution in [3.05, 3.63) is 0 Å². The van der Waals surface area contributed by atoms with Crippen LogP contribution in [0.4, 0.5) is 0 Å². The number of nitrogens with zero attached hydrogens (tertiary/aromatic N) is 1. The van der Waals surface area contributed by atoms with Crippen LogP contribution in [0.15, 0.2) is 0 Å². The van der Waals surface area contributed by atoms with Gasteiger partial charge in [-0.05, 0) is 36.8 Å². The highest BCUT2D eigenvalue weighted by Crippen LogP contribution is 2.22. The Bertz CT molecular complexity index is 199. The zero-order chi connectivity index (χ0) is 12.2. The van der Waals surface area contributed by atoms with Gasteiger partial charge in [0.1, 0.15) is 0 Å². The van der Waals surface area contributed by atoms with E-state index < -0.39 is 0 Å². The molecule has 0 saturated carbocycles. The van der Waals surface area contributed by atoms with E-state index >= 15 is 0 Å². The predicted octanol–water partition coefficient (Wildman–Crippen LogP) is 2.60. The van der Waals surface area contributed by atoms with E-state index in [1.807, 2.05) is 0 Å². The van der Waals surface area contributed by atoms with Gasteiger partial charge in [-0.1, -0.05) is 34.6 Å². The summed E-state index contributed by atoms with van der Waals surface area (Å²) in [6.07, 6.45) is 1.38. The van der Waals surface area contributed by atoms with Gasteiger partial charge in [0.05, 0.1) is 0 Å². The summed E-state index contributed by atoms with van der Waals surface area (Å²) in [4.78, 5) is 2.63. The lowest BCUT2D eigenvalue weighted by Crippen LogP contribution is -2.40. The van der Waals surface area contributed by atoms with Crippen LogP contribution in [-0.2, 0) is 0 Å². The third-order valence-electron chi connectivity index (χ3n) is 3.32. The molecule has 96 valence electrons. The number of hydrogen-bond acceptors (Lipinski definition) is 2. The molecule has 1 aliphatic rings. The standard InChI is InChI=1S/C14H30N2/c1-12(2)8-15-10-14(4,5)11-16-7-6-13(3)9-16/h12-13,15H,6-11H2,1-5H3. The summed E-state index contributed by atoms with van der Waals surface area (Å²) in [5.74, 6) is 1.65. The van der Waals surface area contributed by atoms with Crippen molar-refractivity contribution in [1.82, 2.24) is 10.2 Å². The van der Waals surface area contributed by atoms with Crippen LogP contribution in [0.3, 0.4) is 0 Å². The summed E-state index contributed by atoms with van der Waals surface area (Å²) in [6.45, 7) is 17.8. The molecular formula is C14H30N2. The zero-order valence-corrected chi connectivity index (χ0v) is 11.8. The molecule has 0 aromatic carbocycles. The van der Waals surface area contributed by atoms with Crippen molar-refractivity contribution in [2.24, 2.45) is 17.3 Å². The molecule has 1 rings (SSSR count). The first-order chi connectivity index (χ1) is 7.39. The van der Waals surface area contributed by atoms with Crippen molar-refractivity contribution in [3.8, 4) is 0 Å². The Hall–Kier alpha value is -0.0800. The van der Waals surface area contributed by atoms with Gasteiger partial charge in [0.25, 0.3) is 0 Å². The van der Waals surface area contributed by atoms with E-state index in [0.29, 0.717) is 5.41 Å². The van der Waals surface area contributed by atoms with Gasteiger partial charge >= 0.3 is 0 Å². The van der Waals surface area contributed by atoms with Gasteiger partial charge in [0, 0.05) is 19.6 Å². The molecule has 1 unspecified atom stereocenters. The molecule has 1 N–H and O–H groups in total. The van der Waals surface area contributed by atoms with Crippen LogP contribution in [0, 0.1) is 17.3 Å². The fourth-order valence-electron chi connectivity index (χ4n) is 2.53. The fourth-order valence-corrected chi connectivity index (χ4v) is 2.53. The molecule has 1 atom stereocenters. The minimum Gasteiger partial charge on any atom is -0.316 e. The largest absolute Gasteiger partial charge is 0.316 e. The Morgan fingerprint density at radius 1 is 1.38 bits per heavy atom. The smallest absolute Gasteiger partial charge is 0.00449 e. The second-order valence-electron chi connectivity index (χ2n) is 6.82. The lowest BCUT2D eigenvalue weighted by atomic mass is 9.92. The maximum atomic E-state index is 3.58. The van der Waals surface area contributed by atoms with E-state index in [1.165, 1.54) is 26.1 Å². The Labute approximate surface area is 102 Å². The second kappa shape index (κ2) is 6.02. The molecular weight excluding hydrogens is 196 g/mol. The number of rotatable bonds is 6. The van der Waals surface area contributed by atoms with Crippen LogP contribution < -0.4 is 5.32 Å². The molecule has 0 bridgehead atoms. The molecule has 2 nitrogen and oxygen atoms in total. The average molecular weight is 226 g/mol. The molecule has 16 heavy (non-hydrogen) atoms. The van der Waals surface area contributed by atoms with E-state index in [-0.39, 0.29) is 0 Å². The van der Waals surface area contributed by atoms with Crippen molar-refractivity contribution in [2.45, 2.75) is 41.0 Å². The third-order valence-corrected chi connectivity index (χ3v) is 3.32. The van der Waals surface area contributed by atoms with Gasteiger partial charge in [-0.2, -0.15) is 0 Å². The molecule has 0 aliphatic carbocycles. The highest BCUT2D eigenvalue weighted by atomic mass is 15.2. The van der Waals surface area contributed by atoms with Crippen molar-refractivity contribution in [1.29, 1.82) is 0 Å². The molecule has 1 aliphatic heterocycles. The van der Waals surface area contributed by atoms with Gasteiger partial charge in [-0.25, -0.2) is 0 Å². The SMILES string of the molecule is CC(C)CNCC(C)(C)CN1CCC(C)C1. The van der Waals surface area contributed by atoms with Crippen LogP contribution in [0.1, 0.15) is 41.0 Å². The average Bonchev–Trinajstić information content (AvgIpc) is 2.48. The summed E-state index contributed by atoms with van der Waals surface area (Å²) in [7, 11) is 0. The van der Waals surface area contributed by atoms with Crippen molar-refractivity contribution in [3.63, 3.8) is 0 Å². The van der Waals surface area contributed by atoms with Gasteiger partial charge in [-0.15, -0.1) is 0 Å². The quantitative estimate of drug-likeness (QED) is 0.749. The van der Waals surface area contributed by atoms with E-state index in [1.54, 1.807) is 0 Å². The van der Waals surface area contributed by atoms with E-state index in [2.05, 4.69) is 44.8 Å². The minimum absolute atomic E-state index is 0.402. The predicted molar refractivity (Wildman–Crippen MR) is 71.7 cm³/mol. The van der Waals surface area contributed by atoms with Gasteiger partial charge < -0.3 is 10.2 Å². The highest BCUT2D eigenvalue weighted by molar-refractivity contribution is 4.81. The van der Waals surface area contributed by atoms with Crippen LogP contribution in [0.5, 0.6) is 0 Å². The molecule has 0 aromatic rings. The van der Waals surface area contributed by atoms with Crippen LogP contribution >= 0.6 is 0 Å². The molecule has 0 radical (unpaired) electrons. The highest BCUT2D eigenvalue weighted by Gasteiger charge is 2.25. The van der Waals surface area contributed by atoms with Gasteiger partial charge in [0.2, 0.25) is 0 Å². The fraction of sp³-hybridized carbons (Fsp3) is 1.00. The number of likely N-dealkylation sites (tertiary alicyclic amines) is 1. The van der Waals surface area contributed by atoms with Crippen molar-refractivity contribution < 1.29 is 0 Å². The lowest BCUT2D eigenvalue weighted by Gasteiger charge is -2.30. The van der Waals surface area contributed by atoms with E-state index in [0.717, 1.165) is 24.9 Å². The summed E-state index contributed by atoms with van der Waals surface area (Å²) in [5.41, 5.74) is 0.402. The molecule has 1 heterocycles. The van der Waals surface area contributed by atoms with Crippen molar-refractivity contribution in [2.75, 3.05) is 32.7 Å². The molecule has 0 aromatic heterocycles. The first-order valence-corrected chi connectivity index (χ1v) is 6.82. The maximum Gasteiger partial charge on any atom is 0.00449 e. The van der Waals surface area contributed by atoms with Crippen molar-refractivity contribution >= 4 is 0 Å². The Kier molecular flexibility index (Phi) is 5.26. The molecule has 0 spiro atoms. The normalized spacial score (nSPS) is 23.2. The third kappa shape index (κ3) is 5.31. The monoisotopic (exact) mass is 226 g/mol. The van der Waals surface area contributed by atoms with Crippen LogP contribution in [-0.4, -0.2) is 37.6 Å². The summed E-state index contributed by atoms with van der Waals surface area (Å²) < 4.78 is 0. The van der Waals surface area contributed by atoms with Gasteiger partial charge in [0.15, 0.2) is 0 Å². The molecule has 1 saturated heterocycles. The summed E-state index contributed by atoms with van der Waals surface area (Å²) in [5, 5.41) is 3.58. The Morgan fingerprint density at radius 3 is 2.56 bits per heavy atom. The molecule has 1 fully saturated rings. The summed E-state index contributed by atoms with van der Waals surface area (Å²) >= 11 is 0. The van der Waals surface area contributed by atoms with E-state index in [4.69, 9.17) is 0 Å². The van der Waals surface area contributed by atoms with Gasteiger partial charge in [-0.3, -0.25) is 0 Å². The Morgan fingerprint density at radius 2 is 2.06 bits per heavy atom. The number of nitrogens with one attached hydrogen (secondary N) is 1. The lowest BCUT2D eigenvalue weighted by molar-refractivity contribution is 0.198. The zero-order valence-electron chi connectivity index (χ0n) is 11.8.